The lowest BCUT2D eigenvalue weighted by molar-refractivity contribution is -0.138. The van der Waals surface area contributed by atoms with Crippen LogP contribution in [0.3, 0.4) is 0 Å². The molecule has 0 atom stereocenters. The summed E-state index contributed by atoms with van der Waals surface area (Å²) in [6.07, 6.45) is 0. The lowest BCUT2D eigenvalue weighted by atomic mass is 9.84. The summed E-state index contributed by atoms with van der Waals surface area (Å²) in [5, 5.41) is 3.26. The molecule has 3 heteroatoms. The van der Waals surface area contributed by atoms with Crippen LogP contribution in [0.2, 0.25) is 0 Å². The molecule has 0 aliphatic carbocycles. The number of benzene rings is 1. The molecule has 0 unspecified atom stereocenters. The highest BCUT2D eigenvalue weighted by molar-refractivity contribution is 5.88. The fourth-order valence-electron chi connectivity index (χ4n) is 1.82. The molecule has 19 heavy (non-hydrogen) atoms. The van der Waals surface area contributed by atoms with Crippen molar-refractivity contribution in [1.29, 1.82) is 0 Å². The Labute approximate surface area is 115 Å². The highest BCUT2D eigenvalue weighted by Gasteiger charge is 2.20. The summed E-state index contributed by atoms with van der Waals surface area (Å²) >= 11 is 0. The van der Waals surface area contributed by atoms with E-state index in [-0.39, 0.29) is 11.4 Å². The molecule has 0 heterocycles. The van der Waals surface area contributed by atoms with Gasteiger partial charge in [-0.15, -0.1) is 0 Å². The number of nitrogens with one attached hydrogen (secondary N) is 1. The minimum atomic E-state index is -0.326. The van der Waals surface area contributed by atoms with Crippen LogP contribution in [-0.2, 0) is 14.9 Å². The molecule has 3 nitrogen and oxygen atoms in total. The molecule has 0 aliphatic heterocycles. The van der Waals surface area contributed by atoms with Crippen LogP contribution in [0, 0.1) is 0 Å². The molecule has 0 fully saturated rings. The number of hydrogen-bond donors (Lipinski definition) is 1. The van der Waals surface area contributed by atoms with Crippen LogP contribution in [0.4, 0.5) is 0 Å². The number of hydrogen-bond acceptors (Lipinski definition) is 3. The van der Waals surface area contributed by atoms with Gasteiger partial charge in [-0.3, -0.25) is 0 Å². The van der Waals surface area contributed by atoms with Gasteiger partial charge in [0.25, 0.3) is 0 Å². The first kappa shape index (κ1) is 15.4. The van der Waals surface area contributed by atoms with E-state index < -0.39 is 0 Å². The third-order valence-corrected chi connectivity index (χ3v) is 3.02. The Morgan fingerprint density at radius 3 is 2.53 bits per heavy atom. The predicted molar refractivity (Wildman–Crippen MR) is 78.1 cm³/mol. The summed E-state index contributed by atoms with van der Waals surface area (Å²) in [4.78, 5) is 11.4. The first-order valence-corrected chi connectivity index (χ1v) is 6.58. The minimum absolute atomic E-state index is 0.0101. The Kier molecular flexibility index (Phi) is 5.77. The summed E-state index contributed by atoms with van der Waals surface area (Å²) in [5.74, 6) is -0.326. The van der Waals surface area contributed by atoms with Gasteiger partial charge in [0.1, 0.15) is 0 Å². The van der Waals surface area contributed by atoms with Gasteiger partial charge in [0.15, 0.2) is 0 Å². The van der Waals surface area contributed by atoms with Gasteiger partial charge in [0.05, 0.1) is 6.61 Å². The summed E-state index contributed by atoms with van der Waals surface area (Å²) < 4.78 is 4.89. The number of ether oxygens (including phenoxy) is 1. The average molecular weight is 261 g/mol. The molecule has 1 rings (SSSR count). The molecule has 0 aliphatic rings. The second-order valence-corrected chi connectivity index (χ2v) is 5.18. The van der Waals surface area contributed by atoms with Crippen LogP contribution < -0.4 is 5.32 Å². The second-order valence-electron chi connectivity index (χ2n) is 5.18. The third kappa shape index (κ3) is 4.87. The Morgan fingerprint density at radius 1 is 1.32 bits per heavy atom. The van der Waals surface area contributed by atoms with Gasteiger partial charge in [-0.2, -0.15) is 0 Å². The topological polar surface area (TPSA) is 38.3 Å². The molecule has 0 aromatic heterocycles. The zero-order valence-electron chi connectivity index (χ0n) is 12.0. The van der Waals surface area contributed by atoms with E-state index in [2.05, 4.69) is 37.9 Å². The number of esters is 1. The Morgan fingerprint density at radius 2 is 1.95 bits per heavy atom. The zero-order chi connectivity index (χ0) is 14.3. The van der Waals surface area contributed by atoms with Gasteiger partial charge >= 0.3 is 5.97 Å². The van der Waals surface area contributed by atoms with E-state index in [1.54, 1.807) is 6.92 Å². The monoisotopic (exact) mass is 261 g/mol. The van der Waals surface area contributed by atoms with Gasteiger partial charge in [-0.1, -0.05) is 50.8 Å². The maximum absolute atomic E-state index is 11.4. The highest BCUT2D eigenvalue weighted by Crippen LogP contribution is 2.21. The van der Waals surface area contributed by atoms with Crippen molar-refractivity contribution in [1.82, 2.24) is 5.32 Å². The molecule has 0 bridgehead atoms. The molecule has 1 aromatic rings. The maximum atomic E-state index is 11.4. The molecular weight excluding hydrogens is 238 g/mol. The summed E-state index contributed by atoms with van der Waals surface area (Å²) in [5.41, 5.74) is 1.74. The van der Waals surface area contributed by atoms with Crippen molar-refractivity contribution < 1.29 is 9.53 Å². The first-order chi connectivity index (χ1) is 8.97. The molecular formula is C16H23NO2. The fraction of sp³-hybridized carbons (Fsp3) is 0.438. The number of rotatable bonds is 7. The van der Waals surface area contributed by atoms with Gasteiger partial charge < -0.3 is 10.1 Å². The summed E-state index contributed by atoms with van der Waals surface area (Å²) in [6, 6.07) is 10.3. The van der Waals surface area contributed by atoms with Crippen molar-refractivity contribution in [3.05, 3.63) is 48.0 Å². The van der Waals surface area contributed by atoms with Gasteiger partial charge in [0, 0.05) is 24.1 Å². The van der Waals surface area contributed by atoms with Crippen molar-refractivity contribution in [3.63, 3.8) is 0 Å². The van der Waals surface area contributed by atoms with E-state index in [9.17, 15) is 4.79 Å². The van der Waals surface area contributed by atoms with Crippen LogP contribution >= 0.6 is 0 Å². The van der Waals surface area contributed by atoms with Crippen molar-refractivity contribution >= 4 is 5.97 Å². The van der Waals surface area contributed by atoms with E-state index in [0.717, 1.165) is 6.54 Å². The minimum Gasteiger partial charge on any atom is -0.463 e. The predicted octanol–water partition coefficient (Wildman–Crippen LogP) is 2.67. The lowest BCUT2D eigenvalue weighted by Gasteiger charge is -2.25. The van der Waals surface area contributed by atoms with Crippen molar-refractivity contribution in [2.45, 2.75) is 26.2 Å². The number of carbonyl (C=O) groups is 1. The second kappa shape index (κ2) is 7.10. The van der Waals surface area contributed by atoms with E-state index in [4.69, 9.17) is 4.74 Å². The Hall–Kier alpha value is -1.61. The molecule has 1 aromatic carbocycles. The normalized spacial score (nSPS) is 11.1. The summed E-state index contributed by atoms with van der Waals surface area (Å²) in [7, 11) is 0. The quantitative estimate of drug-likeness (QED) is 0.606. The maximum Gasteiger partial charge on any atom is 0.334 e. The largest absolute Gasteiger partial charge is 0.463 e. The van der Waals surface area contributed by atoms with Gasteiger partial charge in [-0.25, -0.2) is 4.79 Å². The average Bonchev–Trinajstić information content (AvgIpc) is 2.39. The van der Waals surface area contributed by atoms with Crippen LogP contribution in [0.25, 0.3) is 0 Å². The van der Waals surface area contributed by atoms with Crippen LogP contribution in [0.1, 0.15) is 26.3 Å². The van der Waals surface area contributed by atoms with E-state index in [0.29, 0.717) is 18.7 Å². The van der Waals surface area contributed by atoms with Crippen molar-refractivity contribution in [2.75, 3.05) is 19.7 Å². The molecule has 0 saturated heterocycles. The lowest BCUT2D eigenvalue weighted by Crippen LogP contribution is -2.34. The van der Waals surface area contributed by atoms with Crippen LogP contribution in [0.5, 0.6) is 0 Å². The third-order valence-electron chi connectivity index (χ3n) is 3.02. The van der Waals surface area contributed by atoms with Crippen molar-refractivity contribution in [2.24, 2.45) is 0 Å². The van der Waals surface area contributed by atoms with E-state index in [1.165, 1.54) is 5.56 Å². The highest BCUT2D eigenvalue weighted by atomic mass is 16.5. The molecule has 0 saturated carbocycles. The number of carbonyl (C=O) groups excluding carboxylic acids is 1. The SMILES string of the molecule is C=C(CNCC(C)(C)c1ccccc1)C(=O)OCC. The van der Waals surface area contributed by atoms with E-state index >= 15 is 0 Å². The smallest absolute Gasteiger partial charge is 0.334 e. The van der Waals surface area contributed by atoms with Gasteiger partial charge in [-0.05, 0) is 12.5 Å². The zero-order valence-corrected chi connectivity index (χ0v) is 12.0. The van der Waals surface area contributed by atoms with Gasteiger partial charge in [0.2, 0.25) is 0 Å². The molecule has 0 radical (unpaired) electrons. The first-order valence-electron chi connectivity index (χ1n) is 6.58. The molecule has 104 valence electrons. The van der Waals surface area contributed by atoms with E-state index in [1.807, 2.05) is 18.2 Å². The summed E-state index contributed by atoms with van der Waals surface area (Å²) in [6.45, 7) is 11.5. The fourth-order valence-corrected chi connectivity index (χ4v) is 1.82. The van der Waals surface area contributed by atoms with Crippen LogP contribution in [-0.4, -0.2) is 25.7 Å². The molecule has 0 spiro atoms. The van der Waals surface area contributed by atoms with Crippen molar-refractivity contribution in [3.8, 4) is 0 Å². The Bertz CT molecular complexity index is 424. The van der Waals surface area contributed by atoms with Crippen LogP contribution in [0.15, 0.2) is 42.5 Å². The standard InChI is InChI=1S/C16H23NO2/c1-5-19-15(18)13(2)11-17-12-16(3,4)14-9-7-6-8-10-14/h6-10,17H,2,5,11-12H2,1,3-4H3. The molecule has 0 amide bonds. The Balaban J connectivity index is 2.44. The molecule has 1 N–H and O–H groups in total.